The van der Waals surface area contributed by atoms with Crippen LogP contribution in [0.2, 0.25) is 0 Å². The van der Waals surface area contributed by atoms with Crippen LogP contribution in [0.1, 0.15) is 9.67 Å². The molecule has 1 N–H and O–H groups in total. The highest BCUT2D eigenvalue weighted by Crippen LogP contribution is 2.27. The van der Waals surface area contributed by atoms with Gasteiger partial charge in [0.2, 0.25) is 0 Å². The number of hydrogen-bond donors (Lipinski definition) is 1. The summed E-state index contributed by atoms with van der Waals surface area (Å²) in [7, 11) is 1.60. The minimum atomic E-state index is -1.06. The van der Waals surface area contributed by atoms with E-state index in [1.807, 2.05) is 24.3 Å². The van der Waals surface area contributed by atoms with Gasteiger partial charge in [0.25, 0.3) is 5.91 Å². The zero-order chi connectivity index (χ0) is 17.1. The summed E-state index contributed by atoms with van der Waals surface area (Å²) >= 11 is 1.28. The summed E-state index contributed by atoms with van der Waals surface area (Å²) in [6.45, 7) is 0.634. The van der Waals surface area contributed by atoms with Gasteiger partial charge in [-0.3, -0.25) is 4.79 Å². The first kappa shape index (κ1) is 16.4. The number of carboxylic acid groups (broad SMARTS) is 1. The Labute approximate surface area is 142 Å². The summed E-state index contributed by atoms with van der Waals surface area (Å²) in [5, 5.41) is 9.75. The summed E-state index contributed by atoms with van der Waals surface area (Å²) in [6.07, 6.45) is 0.550. The third-order valence-electron chi connectivity index (χ3n) is 3.68. The number of amides is 1. The maximum atomic E-state index is 12.5. The molecule has 0 saturated carbocycles. The monoisotopic (exact) mass is 348 g/mol. The highest BCUT2D eigenvalue weighted by molar-refractivity contribution is 7.16. The molecular weight excluding hydrogens is 332 g/mol. The Bertz CT molecular complexity index is 743. The van der Waals surface area contributed by atoms with Gasteiger partial charge in [0, 0.05) is 12.1 Å². The topological polar surface area (TPSA) is 89.0 Å². The van der Waals surface area contributed by atoms with E-state index in [0.717, 1.165) is 16.3 Å². The second kappa shape index (κ2) is 6.98. The van der Waals surface area contributed by atoms with E-state index < -0.39 is 12.1 Å². The molecule has 0 aliphatic carbocycles. The molecule has 7 nitrogen and oxygen atoms in total. The first-order valence-electron chi connectivity index (χ1n) is 7.32. The Morgan fingerprint density at radius 1 is 1.38 bits per heavy atom. The molecule has 0 radical (unpaired) electrons. The normalized spacial score (nSPS) is 17.5. The smallest absolute Gasteiger partial charge is 0.334 e. The van der Waals surface area contributed by atoms with E-state index >= 15 is 0 Å². The third-order valence-corrected chi connectivity index (χ3v) is 4.72. The van der Waals surface area contributed by atoms with Gasteiger partial charge in [-0.1, -0.05) is 0 Å². The van der Waals surface area contributed by atoms with Gasteiger partial charge < -0.3 is 19.5 Å². The number of hydrogen-bond acceptors (Lipinski definition) is 6. The second-order valence-corrected chi connectivity index (χ2v) is 6.24. The van der Waals surface area contributed by atoms with Crippen molar-refractivity contribution < 1.29 is 24.2 Å². The van der Waals surface area contributed by atoms with Gasteiger partial charge in [0.05, 0.1) is 26.5 Å². The molecule has 8 heteroatoms. The molecule has 2 heterocycles. The van der Waals surface area contributed by atoms with Gasteiger partial charge in [-0.25, -0.2) is 9.78 Å². The first-order chi connectivity index (χ1) is 11.6. The number of nitrogens with zero attached hydrogens (tertiary/aromatic N) is 2. The van der Waals surface area contributed by atoms with Gasteiger partial charge in [-0.05, 0) is 24.3 Å². The van der Waals surface area contributed by atoms with E-state index in [0.29, 0.717) is 11.4 Å². The van der Waals surface area contributed by atoms with Crippen molar-refractivity contribution in [1.29, 1.82) is 0 Å². The minimum absolute atomic E-state index is 0.0456. The van der Waals surface area contributed by atoms with Crippen LogP contribution in [0.25, 0.3) is 10.6 Å². The van der Waals surface area contributed by atoms with E-state index in [-0.39, 0.29) is 19.1 Å². The van der Waals surface area contributed by atoms with Crippen molar-refractivity contribution in [3.05, 3.63) is 35.3 Å². The van der Waals surface area contributed by atoms with Gasteiger partial charge in [-0.2, -0.15) is 0 Å². The molecule has 3 rings (SSSR count). The molecule has 1 aliphatic heterocycles. The predicted octanol–water partition coefficient (Wildman–Crippen LogP) is 1.74. The number of aromatic nitrogens is 1. The number of morpholine rings is 1. The molecule has 1 amide bonds. The molecule has 0 bridgehead atoms. The molecule has 1 aliphatic rings. The van der Waals surface area contributed by atoms with Crippen molar-refractivity contribution in [2.45, 2.75) is 6.10 Å². The summed E-state index contributed by atoms with van der Waals surface area (Å²) in [6, 6.07) is 7.41. The minimum Gasteiger partial charge on any atom is -0.497 e. The zero-order valence-electron chi connectivity index (χ0n) is 13.0. The number of benzene rings is 1. The largest absolute Gasteiger partial charge is 0.497 e. The van der Waals surface area contributed by atoms with E-state index in [9.17, 15) is 9.59 Å². The van der Waals surface area contributed by atoms with Gasteiger partial charge >= 0.3 is 5.97 Å². The van der Waals surface area contributed by atoms with Crippen LogP contribution in [0.4, 0.5) is 0 Å². The number of carboxylic acids is 1. The Morgan fingerprint density at radius 3 is 2.79 bits per heavy atom. The SMILES string of the molecule is COc1ccc(-c2ncc(C(=O)N3CCOC(C(=O)O)C3)s2)cc1. The van der Waals surface area contributed by atoms with Crippen LogP contribution in [0, 0.1) is 0 Å². The van der Waals surface area contributed by atoms with Crippen LogP contribution >= 0.6 is 11.3 Å². The Hall–Kier alpha value is -2.45. The zero-order valence-corrected chi connectivity index (χ0v) is 13.8. The van der Waals surface area contributed by atoms with Crippen LogP contribution in [0.15, 0.2) is 30.5 Å². The number of thiazole rings is 1. The fraction of sp³-hybridized carbons (Fsp3) is 0.312. The van der Waals surface area contributed by atoms with Crippen molar-refractivity contribution in [3.8, 4) is 16.3 Å². The van der Waals surface area contributed by atoms with E-state index in [1.54, 1.807) is 7.11 Å². The van der Waals surface area contributed by atoms with Gasteiger partial charge in [0.1, 0.15) is 15.6 Å². The van der Waals surface area contributed by atoms with Crippen molar-refractivity contribution in [3.63, 3.8) is 0 Å². The predicted molar refractivity (Wildman–Crippen MR) is 87.4 cm³/mol. The van der Waals surface area contributed by atoms with E-state index in [2.05, 4.69) is 4.98 Å². The average Bonchev–Trinajstić information content (AvgIpc) is 3.11. The first-order valence-corrected chi connectivity index (χ1v) is 8.14. The fourth-order valence-electron chi connectivity index (χ4n) is 2.38. The van der Waals surface area contributed by atoms with E-state index in [1.165, 1.54) is 22.4 Å². The highest BCUT2D eigenvalue weighted by atomic mass is 32.1. The molecule has 24 heavy (non-hydrogen) atoms. The average molecular weight is 348 g/mol. The number of carbonyl (C=O) groups excluding carboxylic acids is 1. The van der Waals surface area contributed by atoms with Crippen LogP contribution in [0.5, 0.6) is 5.75 Å². The van der Waals surface area contributed by atoms with Crippen molar-refractivity contribution in [1.82, 2.24) is 9.88 Å². The van der Waals surface area contributed by atoms with Crippen molar-refractivity contribution in [2.24, 2.45) is 0 Å². The molecular formula is C16H16N2O5S. The molecule has 126 valence electrons. The van der Waals surface area contributed by atoms with Crippen molar-refractivity contribution >= 4 is 23.2 Å². The number of rotatable bonds is 4. The fourth-order valence-corrected chi connectivity index (χ4v) is 3.27. The lowest BCUT2D eigenvalue weighted by Crippen LogP contribution is -2.48. The Morgan fingerprint density at radius 2 is 2.12 bits per heavy atom. The molecule has 1 unspecified atom stereocenters. The number of methoxy groups -OCH3 is 1. The molecule has 0 spiro atoms. The number of carbonyl (C=O) groups is 2. The molecule has 1 aromatic carbocycles. The molecule has 1 atom stereocenters. The summed E-state index contributed by atoms with van der Waals surface area (Å²) in [5.74, 6) is -0.530. The maximum Gasteiger partial charge on any atom is 0.334 e. The lowest BCUT2D eigenvalue weighted by Gasteiger charge is -2.30. The summed E-state index contributed by atoms with van der Waals surface area (Å²) < 4.78 is 10.3. The molecule has 1 aromatic heterocycles. The lowest BCUT2D eigenvalue weighted by molar-refractivity contribution is -0.154. The summed E-state index contributed by atoms with van der Waals surface area (Å²) in [4.78, 5) is 29.8. The second-order valence-electron chi connectivity index (χ2n) is 5.21. The quantitative estimate of drug-likeness (QED) is 0.905. The lowest BCUT2D eigenvalue weighted by atomic mass is 10.2. The Balaban J connectivity index is 1.74. The van der Waals surface area contributed by atoms with Gasteiger partial charge in [0.15, 0.2) is 6.10 Å². The van der Waals surface area contributed by atoms with Crippen LogP contribution in [0.3, 0.4) is 0 Å². The maximum absolute atomic E-state index is 12.5. The molecule has 1 fully saturated rings. The highest BCUT2D eigenvalue weighted by Gasteiger charge is 2.30. The van der Waals surface area contributed by atoms with Crippen molar-refractivity contribution in [2.75, 3.05) is 26.8 Å². The number of aliphatic carboxylic acids is 1. The van der Waals surface area contributed by atoms with Gasteiger partial charge in [-0.15, -0.1) is 11.3 Å². The van der Waals surface area contributed by atoms with Crippen LogP contribution in [-0.4, -0.2) is 59.8 Å². The Kier molecular flexibility index (Phi) is 4.77. The summed E-state index contributed by atoms with van der Waals surface area (Å²) in [5.41, 5.74) is 0.894. The number of ether oxygens (including phenoxy) is 2. The van der Waals surface area contributed by atoms with Crippen LogP contribution < -0.4 is 4.74 Å². The van der Waals surface area contributed by atoms with Crippen LogP contribution in [-0.2, 0) is 9.53 Å². The van der Waals surface area contributed by atoms with E-state index in [4.69, 9.17) is 14.6 Å². The standard InChI is InChI=1S/C16H16N2O5S/c1-22-11-4-2-10(3-5-11)14-17-8-13(24-14)15(19)18-6-7-23-12(9-18)16(20)21/h2-5,8,12H,6-7,9H2,1H3,(H,20,21). The molecule has 1 saturated heterocycles. The molecule has 2 aromatic rings. The third kappa shape index (κ3) is 3.39.